The van der Waals surface area contributed by atoms with Crippen LogP contribution >= 0.6 is 0 Å². The minimum Gasteiger partial charge on any atom is -0.409 e. The summed E-state index contributed by atoms with van der Waals surface area (Å²) in [5.74, 6) is -0.181. The van der Waals surface area contributed by atoms with Crippen molar-refractivity contribution in [1.29, 1.82) is 0 Å². The lowest BCUT2D eigenvalue weighted by atomic mass is 9.67. The van der Waals surface area contributed by atoms with Gasteiger partial charge in [-0.15, -0.1) is 0 Å². The second-order valence-corrected chi connectivity index (χ2v) is 4.18. The number of nitrogens with two attached hydrogens (primary N) is 1. The largest absolute Gasteiger partial charge is 0.409 e. The van der Waals surface area contributed by atoms with Crippen molar-refractivity contribution in [3.05, 3.63) is 0 Å². The Morgan fingerprint density at radius 1 is 1.69 bits per heavy atom. The lowest BCUT2D eigenvalue weighted by Crippen LogP contribution is -2.54. The van der Waals surface area contributed by atoms with Gasteiger partial charge in [0.15, 0.2) is 5.84 Å². The van der Waals surface area contributed by atoms with E-state index in [4.69, 9.17) is 15.7 Å². The predicted octanol–water partition coefficient (Wildman–Crippen LogP) is 0.0542. The Balaban J connectivity index is 2.57. The molecule has 1 fully saturated rings. The molecule has 0 heterocycles. The monoisotopic (exact) mass is 229 g/mol. The number of amides is 1. The molecule has 1 aliphatic carbocycles. The van der Waals surface area contributed by atoms with Crippen molar-refractivity contribution < 1.29 is 14.7 Å². The average Bonchev–Trinajstić information content (AvgIpc) is 2.23. The van der Waals surface area contributed by atoms with Crippen LogP contribution in [0.5, 0.6) is 0 Å². The van der Waals surface area contributed by atoms with Crippen LogP contribution in [0.3, 0.4) is 0 Å². The molecule has 0 bridgehead atoms. The zero-order valence-electron chi connectivity index (χ0n) is 9.69. The van der Waals surface area contributed by atoms with E-state index in [2.05, 4.69) is 10.5 Å². The lowest BCUT2D eigenvalue weighted by Gasteiger charge is -2.38. The maximum absolute atomic E-state index is 11.9. The molecule has 4 N–H and O–H groups in total. The standard InChI is InChI=1S/C10H19N3O3/c1-7(16-2)6-12-9(14)10(4-3-5-10)8(11)13-15/h7,15H,3-6H2,1-2H3,(H2,11,13)(H,12,14). The smallest absolute Gasteiger partial charge is 0.234 e. The molecule has 16 heavy (non-hydrogen) atoms. The molecule has 0 saturated heterocycles. The number of hydrogen-bond donors (Lipinski definition) is 3. The third-order valence-electron chi connectivity index (χ3n) is 3.19. The van der Waals surface area contributed by atoms with Crippen molar-refractivity contribution >= 4 is 11.7 Å². The number of rotatable bonds is 5. The molecule has 0 aromatic carbocycles. The summed E-state index contributed by atoms with van der Waals surface area (Å²) in [5, 5.41) is 14.4. The molecule has 6 nitrogen and oxygen atoms in total. The number of nitrogens with zero attached hydrogens (tertiary/aromatic N) is 1. The van der Waals surface area contributed by atoms with Crippen LogP contribution in [0.25, 0.3) is 0 Å². The molecule has 1 unspecified atom stereocenters. The first-order chi connectivity index (χ1) is 7.56. The van der Waals surface area contributed by atoms with Gasteiger partial charge >= 0.3 is 0 Å². The Kier molecular flexibility index (Phi) is 4.12. The highest BCUT2D eigenvalue weighted by Crippen LogP contribution is 2.41. The molecule has 1 aliphatic rings. The van der Waals surface area contributed by atoms with Gasteiger partial charge in [-0.2, -0.15) is 0 Å². The Morgan fingerprint density at radius 3 is 2.69 bits per heavy atom. The average molecular weight is 229 g/mol. The van der Waals surface area contributed by atoms with Gasteiger partial charge in [0.05, 0.1) is 6.10 Å². The van der Waals surface area contributed by atoms with Gasteiger partial charge in [-0.3, -0.25) is 4.79 Å². The molecule has 1 saturated carbocycles. The summed E-state index contributed by atoms with van der Waals surface area (Å²) in [6.07, 6.45) is 2.14. The number of oxime groups is 1. The SMILES string of the molecule is COC(C)CNC(=O)C1(C(N)=NO)CCC1. The number of amidine groups is 1. The van der Waals surface area contributed by atoms with Crippen LogP contribution < -0.4 is 11.1 Å². The Labute approximate surface area is 94.8 Å². The van der Waals surface area contributed by atoms with Crippen LogP contribution in [0, 0.1) is 5.41 Å². The Morgan fingerprint density at radius 2 is 2.31 bits per heavy atom. The second-order valence-electron chi connectivity index (χ2n) is 4.18. The minimum absolute atomic E-state index is 0.00122. The van der Waals surface area contributed by atoms with Gasteiger partial charge in [-0.25, -0.2) is 0 Å². The van der Waals surface area contributed by atoms with Gasteiger partial charge in [0.1, 0.15) is 5.41 Å². The van der Waals surface area contributed by atoms with Crippen LogP contribution in [0.4, 0.5) is 0 Å². The first-order valence-corrected chi connectivity index (χ1v) is 5.36. The van der Waals surface area contributed by atoms with E-state index in [9.17, 15) is 4.79 Å². The summed E-state index contributed by atoms with van der Waals surface area (Å²) in [6, 6.07) is 0. The van der Waals surface area contributed by atoms with Gasteiger partial charge in [-0.1, -0.05) is 11.6 Å². The fourth-order valence-electron chi connectivity index (χ4n) is 1.71. The van der Waals surface area contributed by atoms with Crippen molar-refractivity contribution in [2.75, 3.05) is 13.7 Å². The van der Waals surface area contributed by atoms with Crippen molar-refractivity contribution in [2.45, 2.75) is 32.3 Å². The molecular weight excluding hydrogens is 210 g/mol. The molecule has 6 heteroatoms. The molecule has 1 atom stereocenters. The van der Waals surface area contributed by atoms with Gasteiger partial charge in [0, 0.05) is 13.7 Å². The number of hydrogen-bond acceptors (Lipinski definition) is 4. The highest BCUT2D eigenvalue weighted by Gasteiger charge is 2.48. The van der Waals surface area contributed by atoms with Gasteiger partial charge in [-0.05, 0) is 19.8 Å². The summed E-state index contributed by atoms with van der Waals surface area (Å²) in [4.78, 5) is 11.9. The first kappa shape index (κ1) is 12.8. The van der Waals surface area contributed by atoms with E-state index in [1.165, 1.54) is 0 Å². The Hall–Kier alpha value is -1.30. The quantitative estimate of drug-likeness (QED) is 0.269. The normalized spacial score (nSPS) is 21.0. The second kappa shape index (κ2) is 5.16. The summed E-state index contributed by atoms with van der Waals surface area (Å²) in [6.45, 7) is 2.28. The molecule has 0 spiro atoms. The van der Waals surface area contributed by atoms with Crippen LogP contribution in [-0.2, 0) is 9.53 Å². The molecule has 0 aromatic heterocycles. The van der Waals surface area contributed by atoms with E-state index in [-0.39, 0.29) is 17.8 Å². The third kappa shape index (κ3) is 2.27. The van der Waals surface area contributed by atoms with Crippen molar-refractivity contribution in [3.63, 3.8) is 0 Å². The van der Waals surface area contributed by atoms with E-state index in [0.29, 0.717) is 19.4 Å². The van der Waals surface area contributed by atoms with Crippen molar-refractivity contribution in [2.24, 2.45) is 16.3 Å². The fraction of sp³-hybridized carbons (Fsp3) is 0.800. The van der Waals surface area contributed by atoms with E-state index in [1.54, 1.807) is 7.11 Å². The van der Waals surface area contributed by atoms with Crippen LogP contribution in [0.2, 0.25) is 0 Å². The van der Waals surface area contributed by atoms with E-state index < -0.39 is 5.41 Å². The highest BCUT2D eigenvalue weighted by atomic mass is 16.5. The van der Waals surface area contributed by atoms with E-state index >= 15 is 0 Å². The molecule has 1 rings (SSSR count). The van der Waals surface area contributed by atoms with Crippen molar-refractivity contribution in [3.8, 4) is 0 Å². The maximum atomic E-state index is 11.9. The number of nitrogens with one attached hydrogen (secondary N) is 1. The van der Waals surface area contributed by atoms with Crippen LogP contribution in [0.15, 0.2) is 5.16 Å². The van der Waals surface area contributed by atoms with Gasteiger partial charge < -0.3 is 21.0 Å². The Bertz CT molecular complexity index is 287. The maximum Gasteiger partial charge on any atom is 0.234 e. The third-order valence-corrected chi connectivity index (χ3v) is 3.19. The zero-order chi connectivity index (χ0) is 12.2. The van der Waals surface area contributed by atoms with Crippen LogP contribution in [0.1, 0.15) is 26.2 Å². The number of methoxy groups -OCH3 is 1. The molecule has 1 amide bonds. The fourth-order valence-corrected chi connectivity index (χ4v) is 1.71. The number of ether oxygens (including phenoxy) is 1. The van der Waals surface area contributed by atoms with E-state index in [0.717, 1.165) is 6.42 Å². The number of carbonyl (C=O) groups excluding carboxylic acids is 1. The minimum atomic E-state index is -0.803. The number of carbonyl (C=O) groups is 1. The van der Waals surface area contributed by atoms with E-state index in [1.807, 2.05) is 6.92 Å². The first-order valence-electron chi connectivity index (χ1n) is 5.36. The molecule has 0 radical (unpaired) electrons. The predicted molar refractivity (Wildman–Crippen MR) is 59.2 cm³/mol. The van der Waals surface area contributed by atoms with Gasteiger partial charge in [0.2, 0.25) is 5.91 Å². The molecule has 92 valence electrons. The van der Waals surface area contributed by atoms with Crippen LogP contribution in [-0.4, -0.2) is 36.7 Å². The summed E-state index contributed by atoms with van der Waals surface area (Å²) < 4.78 is 5.03. The summed E-state index contributed by atoms with van der Waals surface area (Å²) >= 11 is 0. The van der Waals surface area contributed by atoms with Gasteiger partial charge in [0.25, 0.3) is 0 Å². The summed E-state index contributed by atoms with van der Waals surface area (Å²) in [7, 11) is 1.58. The zero-order valence-corrected chi connectivity index (χ0v) is 9.69. The topological polar surface area (TPSA) is 96.9 Å². The van der Waals surface area contributed by atoms with Crippen molar-refractivity contribution in [1.82, 2.24) is 5.32 Å². The molecule has 0 aromatic rings. The lowest BCUT2D eigenvalue weighted by molar-refractivity contribution is -0.131. The molecular formula is C10H19N3O3. The highest BCUT2D eigenvalue weighted by molar-refractivity contribution is 6.07. The summed E-state index contributed by atoms with van der Waals surface area (Å²) in [5.41, 5.74) is 4.76. The molecule has 0 aliphatic heterocycles.